The number of hydrogen-bond donors (Lipinski definition) is 0. The quantitative estimate of drug-likeness (QED) is 0.228. The fourth-order valence-corrected chi connectivity index (χ4v) is 6.77. The van der Waals surface area contributed by atoms with E-state index >= 15 is 0 Å². The average Bonchev–Trinajstić information content (AvgIpc) is 3.45. The second-order valence-electron chi connectivity index (χ2n) is 10.1. The first-order chi connectivity index (χ1) is 18.6. The van der Waals surface area contributed by atoms with Crippen LogP contribution in [-0.2, 0) is 6.04 Å². The molecule has 7 aromatic rings. The summed E-state index contributed by atoms with van der Waals surface area (Å²) in [5.74, 6) is 1.74. The number of benzene rings is 4. The summed E-state index contributed by atoms with van der Waals surface area (Å²) in [6.07, 6.45) is 0. The Labute approximate surface area is 222 Å². The minimum atomic E-state index is -0.363. The molecule has 0 saturated carbocycles. The van der Waals surface area contributed by atoms with E-state index < -0.39 is 0 Å². The smallest absolute Gasteiger partial charge is 0.140 e. The number of hydrogen-bond acceptors (Lipinski definition) is 2. The van der Waals surface area contributed by atoms with Gasteiger partial charge >= 0.3 is 0 Å². The zero-order valence-electron chi connectivity index (χ0n) is 21.3. The molecule has 4 nitrogen and oxygen atoms in total. The van der Waals surface area contributed by atoms with Crippen molar-refractivity contribution in [2.45, 2.75) is 19.1 Å². The van der Waals surface area contributed by atoms with Gasteiger partial charge in [-0.25, -0.2) is 4.98 Å². The van der Waals surface area contributed by atoms with Gasteiger partial charge in [0.15, 0.2) is 0 Å². The van der Waals surface area contributed by atoms with Crippen molar-refractivity contribution in [2.75, 3.05) is 0 Å². The lowest BCUT2D eigenvalue weighted by atomic mass is 10.1. The number of aromatic nitrogens is 3. The fourth-order valence-electron chi connectivity index (χ4n) is 5.74. The van der Waals surface area contributed by atoms with E-state index in [0.29, 0.717) is 5.56 Å². The summed E-state index contributed by atoms with van der Waals surface area (Å²) in [5.41, 5.74) is 6.50. The van der Waals surface area contributed by atoms with Crippen LogP contribution in [0.1, 0.15) is 11.1 Å². The van der Waals surface area contributed by atoms with Gasteiger partial charge < -0.3 is 0 Å². The minimum Gasteiger partial charge on any atom is -0.294 e. The van der Waals surface area contributed by atoms with Gasteiger partial charge in [0.05, 0.1) is 33.7 Å². The molecule has 0 bridgehead atoms. The predicted octanol–water partition coefficient (Wildman–Crippen LogP) is 7.98. The average molecular weight is 506 g/mol. The molecule has 0 atom stereocenters. The van der Waals surface area contributed by atoms with Crippen molar-refractivity contribution in [3.63, 3.8) is 0 Å². The summed E-state index contributed by atoms with van der Waals surface area (Å²) in [7, 11) is -0.363. The van der Waals surface area contributed by atoms with Crippen molar-refractivity contribution in [3.05, 3.63) is 114 Å². The van der Waals surface area contributed by atoms with Crippen LogP contribution >= 0.6 is 0 Å². The highest BCUT2D eigenvalue weighted by Crippen LogP contribution is 2.35. The summed E-state index contributed by atoms with van der Waals surface area (Å²) in [5, 5.41) is 14.2. The van der Waals surface area contributed by atoms with Crippen LogP contribution in [0, 0.1) is 11.3 Å². The molecular formula is C33H25N4Si. The SMILES string of the molecule is C[Si](C)Cc1ccc2c(c1)c1ccccc1n2-c1cccc(-n2c3ccccc3c3cc(C#N)ccc32)n1. The molecule has 0 aliphatic rings. The Balaban J connectivity index is 1.48. The molecule has 1 radical (unpaired) electrons. The predicted molar refractivity (Wildman–Crippen MR) is 159 cm³/mol. The van der Waals surface area contributed by atoms with Crippen LogP contribution < -0.4 is 0 Å². The molecule has 181 valence electrons. The van der Waals surface area contributed by atoms with Crippen LogP contribution in [0.25, 0.3) is 55.2 Å². The highest BCUT2D eigenvalue weighted by Gasteiger charge is 2.17. The van der Waals surface area contributed by atoms with E-state index in [1.54, 1.807) is 0 Å². The first kappa shape index (κ1) is 22.5. The summed E-state index contributed by atoms with van der Waals surface area (Å²) >= 11 is 0. The lowest BCUT2D eigenvalue weighted by Crippen LogP contribution is -2.05. The van der Waals surface area contributed by atoms with Crippen LogP contribution in [0.4, 0.5) is 0 Å². The van der Waals surface area contributed by atoms with E-state index in [9.17, 15) is 5.26 Å². The molecule has 0 fully saturated rings. The van der Waals surface area contributed by atoms with Gasteiger partial charge in [-0.05, 0) is 60.6 Å². The van der Waals surface area contributed by atoms with Crippen LogP contribution in [0.3, 0.4) is 0 Å². The zero-order chi connectivity index (χ0) is 25.8. The molecule has 0 amide bonds. The molecule has 38 heavy (non-hydrogen) atoms. The van der Waals surface area contributed by atoms with E-state index in [1.165, 1.54) is 21.9 Å². The van der Waals surface area contributed by atoms with Crippen LogP contribution in [0.2, 0.25) is 13.1 Å². The van der Waals surface area contributed by atoms with Gasteiger partial charge in [0.2, 0.25) is 0 Å². The van der Waals surface area contributed by atoms with Gasteiger partial charge in [0, 0.05) is 30.3 Å². The molecule has 3 heterocycles. The number of para-hydroxylation sites is 2. The van der Waals surface area contributed by atoms with Gasteiger partial charge in [-0.3, -0.25) is 9.13 Å². The van der Waals surface area contributed by atoms with Crippen LogP contribution in [0.15, 0.2) is 103 Å². The van der Waals surface area contributed by atoms with Gasteiger partial charge in [-0.15, -0.1) is 0 Å². The van der Waals surface area contributed by atoms with Crippen LogP contribution in [0.5, 0.6) is 0 Å². The van der Waals surface area contributed by atoms with E-state index in [1.807, 2.05) is 24.3 Å². The maximum absolute atomic E-state index is 9.50. The van der Waals surface area contributed by atoms with E-state index in [4.69, 9.17) is 4.98 Å². The van der Waals surface area contributed by atoms with Crippen molar-refractivity contribution in [2.24, 2.45) is 0 Å². The summed E-state index contributed by atoms with van der Waals surface area (Å²) in [4.78, 5) is 5.24. The van der Waals surface area contributed by atoms with Crippen molar-refractivity contribution < 1.29 is 0 Å². The molecule has 0 spiro atoms. The van der Waals surface area contributed by atoms with E-state index in [-0.39, 0.29) is 8.80 Å². The number of nitriles is 1. The molecule has 5 heteroatoms. The first-order valence-electron chi connectivity index (χ1n) is 12.8. The molecule has 0 aliphatic heterocycles. The maximum atomic E-state index is 9.50. The number of pyridine rings is 1. The zero-order valence-corrected chi connectivity index (χ0v) is 22.3. The molecule has 0 aliphatic carbocycles. The van der Waals surface area contributed by atoms with Crippen molar-refractivity contribution in [1.29, 1.82) is 5.26 Å². The van der Waals surface area contributed by atoms with Gasteiger partial charge in [0.25, 0.3) is 0 Å². The summed E-state index contributed by atoms with van der Waals surface area (Å²) in [6.45, 7) is 4.73. The Morgan fingerprint density at radius 3 is 1.79 bits per heavy atom. The Morgan fingerprint density at radius 2 is 1.18 bits per heavy atom. The highest BCUT2D eigenvalue weighted by molar-refractivity contribution is 6.55. The van der Waals surface area contributed by atoms with Crippen LogP contribution in [-0.4, -0.2) is 22.9 Å². The molecule has 4 aromatic carbocycles. The second kappa shape index (κ2) is 8.72. The van der Waals surface area contributed by atoms with E-state index in [0.717, 1.165) is 45.0 Å². The third kappa shape index (κ3) is 3.46. The standard InChI is InChI=1S/C33H25N4Si/c1-38(2)21-23-15-17-31-27(19-23)25-9-4-6-11-29(25)37(31)33-13-7-12-32(35-33)36-28-10-5-3-8-24(28)26-18-22(20-34)14-16-30(26)36/h3-19H,21H2,1-2H3. The minimum absolute atomic E-state index is 0.363. The molecular weight excluding hydrogens is 480 g/mol. The van der Waals surface area contributed by atoms with Gasteiger partial charge in [0.1, 0.15) is 11.6 Å². The van der Waals surface area contributed by atoms with Gasteiger partial charge in [-0.1, -0.05) is 67.2 Å². The third-order valence-corrected chi connectivity index (χ3v) is 8.39. The summed E-state index contributed by atoms with van der Waals surface area (Å²) in [6, 6.07) is 39.4. The second-order valence-corrected chi connectivity index (χ2v) is 12.9. The third-order valence-electron chi connectivity index (χ3n) is 7.27. The fraction of sp³-hybridized carbons (Fsp3) is 0.0909. The monoisotopic (exact) mass is 505 g/mol. The Hall–Kier alpha value is -4.66. The summed E-state index contributed by atoms with van der Waals surface area (Å²) < 4.78 is 4.48. The molecule has 3 aromatic heterocycles. The largest absolute Gasteiger partial charge is 0.294 e. The molecule has 7 rings (SSSR count). The number of nitrogens with zero attached hydrogens (tertiary/aromatic N) is 4. The molecule has 0 saturated heterocycles. The molecule has 0 N–H and O–H groups in total. The normalized spacial score (nSPS) is 11.7. The Kier molecular flexibility index (Phi) is 5.17. The van der Waals surface area contributed by atoms with Crippen molar-refractivity contribution >= 4 is 52.4 Å². The molecule has 0 unspecified atom stereocenters. The maximum Gasteiger partial charge on any atom is 0.140 e. The van der Waals surface area contributed by atoms with Crippen molar-refractivity contribution in [1.82, 2.24) is 14.1 Å². The first-order valence-corrected chi connectivity index (χ1v) is 15.6. The number of fused-ring (bicyclic) bond motifs is 6. The van der Waals surface area contributed by atoms with Crippen molar-refractivity contribution in [3.8, 4) is 17.7 Å². The topological polar surface area (TPSA) is 46.5 Å². The Morgan fingerprint density at radius 1 is 0.632 bits per heavy atom. The van der Waals surface area contributed by atoms with Gasteiger partial charge in [-0.2, -0.15) is 5.26 Å². The number of rotatable bonds is 4. The van der Waals surface area contributed by atoms with E-state index in [2.05, 4.69) is 107 Å². The highest BCUT2D eigenvalue weighted by atomic mass is 28.3. The lowest BCUT2D eigenvalue weighted by Gasteiger charge is -2.12. The lowest BCUT2D eigenvalue weighted by molar-refractivity contribution is 1.01. The Bertz CT molecular complexity index is 2060.